The van der Waals surface area contributed by atoms with E-state index >= 15 is 0 Å². The van der Waals surface area contributed by atoms with E-state index in [1.165, 1.54) is 11.1 Å². The van der Waals surface area contributed by atoms with Gasteiger partial charge in [0.05, 0.1) is 5.56 Å². The second-order valence-corrected chi connectivity index (χ2v) is 8.11. The van der Waals surface area contributed by atoms with Crippen molar-refractivity contribution in [2.75, 3.05) is 0 Å². The summed E-state index contributed by atoms with van der Waals surface area (Å²) in [5.41, 5.74) is 6.45. The zero-order valence-electron chi connectivity index (χ0n) is 17.5. The second-order valence-electron chi connectivity index (χ2n) is 8.11. The van der Waals surface area contributed by atoms with Gasteiger partial charge in [0, 0.05) is 11.1 Å². The fraction of sp³-hybridized carbons (Fsp3) is 0.0690. The number of phenolic OH excluding ortho intramolecular Hbond substituents is 1. The van der Waals surface area contributed by atoms with Gasteiger partial charge in [-0.05, 0) is 52.6 Å². The number of aldehydes is 1. The maximum Gasteiger partial charge on any atom is 0.153 e. The highest BCUT2D eigenvalue weighted by atomic mass is 16.3. The van der Waals surface area contributed by atoms with E-state index < -0.39 is 0 Å². The maximum absolute atomic E-state index is 11.8. The van der Waals surface area contributed by atoms with Crippen molar-refractivity contribution in [3.63, 3.8) is 0 Å². The molecular formula is C29H22O2. The molecule has 2 nitrogen and oxygen atoms in total. The quantitative estimate of drug-likeness (QED) is 0.318. The lowest BCUT2D eigenvalue weighted by atomic mass is 9.85. The number of rotatable bonds is 3. The lowest BCUT2D eigenvalue weighted by Crippen LogP contribution is -1.94. The van der Waals surface area contributed by atoms with E-state index in [2.05, 4.69) is 56.3 Å². The zero-order valence-corrected chi connectivity index (χ0v) is 17.5. The van der Waals surface area contributed by atoms with Gasteiger partial charge in [0.25, 0.3) is 0 Å². The molecule has 0 atom stereocenters. The molecule has 0 heterocycles. The van der Waals surface area contributed by atoms with Gasteiger partial charge in [-0.1, -0.05) is 90.0 Å². The van der Waals surface area contributed by atoms with Crippen molar-refractivity contribution >= 4 is 27.8 Å². The number of carbonyl (C=O) groups is 1. The number of hydrogen-bond donors (Lipinski definition) is 1. The predicted molar refractivity (Wildman–Crippen MR) is 129 cm³/mol. The average Bonchev–Trinajstić information content (AvgIpc) is 2.77. The van der Waals surface area contributed by atoms with Crippen LogP contribution in [0.1, 0.15) is 21.5 Å². The highest BCUT2D eigenvalue weighted by Crippen LogP contribution is 2.46. The summed E-state index contributed by atoms with van der Waals surface area (Å²) in [6.45, 7) is 4.19. The Labute approximate surface area is 181 Å². The summed E-state index contributed by atoms with van der Waals surface area (Å²) in [6.07, 6.45) is 0.729. The minimum atomic E-state index is 0.0238. The Morgan fingerprint density at radius 3 is 1.97 bits per heavy atom. The molecule has 0 spiro atoms. The Morgan fingerprint density at radius 2 is 1.29 bits per heavy atom. The maximum atomic E-state index is 11.8. The van der Waals surface area contributed by atoms with Crippen LogP contribution in [0, 0.1) is 13.8 Å². The summed E-state index contributed by atoms with van der Waals surface area (Å²) in [6, 6.07) is 28.6. The Balaban J connectivity index is 2.00. The van der Waals surface area contributed by atoms with Crippen molar-refractivity contribution in [2.24, 2.45) is 0 Å². The molecule has 0 aliphatic carbocycles. The lowest BCUT2D eigenvalue weighted by Gasteiger charge is -2.19. The summed E-state index contributed by atoms with van der Waals surface area (Å²) >= 11 is 0. The number of hydrogen-bond acceptors (Lipinski definition) is 2. The fourth-order valence-electron chi connectivity index (χ4n) is 4.61. The van der Waals surface area contributed by atoms with Crippen LogP contribution in [0.25, 0.3) is 43.8 Å². The minimum Gasteiger partial charge on any atom is -0.507 e. The van der Waals surface area contributed by atoms with E-state index in [4.69, 9.17) is 0 Å². The molecule has 2 heteroatoms. The zero-order chi connectivity index (χ0) is 21.5. The molecule has 0 aliphatic rings. The molecule has 0 aliphatic heterocycles. The van der Waals surface area contributed by atoms with Crippen molar-refractivity contribution < 1.29 is 9.90 Å². The third-order valence-corrected chi connectivity index (χ3v) is 5.89. The van der Waals surface area contributed by atoms with E-state index in [1.54, 1.807) is 6.07 Å². The van der Waals surface area contributed by atoms with E-state index in [0.717, 1.165) is 44.5 Å². The van der Waals surface area contributed by atoms with E-state index in [1.807, 2.05) is 36.4 Å². The highest BCUT2D eigenvalue weighted by Gasteiger charge is 2.20. The van der Waals surface area contributed by atoms with E-state index in [9.17, 15) is 9.90 Å². The Kier molecular flexibility index (Phi) is 4.56. The number of benzene rings is 5. The van der Waals surface area contributed by atoms with Crippen LogP contribution in [-0.2, 0) is 0 Å². The first-order valence-corrected chi connectivity index (χ1v) is 10.4. The molecule has 0 aromatic heterocycles. The van der Waals surface area contributed by atoms with Crippen molar-refractivity contribution in [3.05, 3.63) is 102 Å². The standard InChI is InChI=1S/C29H22O2/c1-18-13-19(2)15-22(14-18)26-12-11-20-7-3-5-9-24(20)27(26)28-25-10-6-4-8-21(25)16-23(17-30)29(28)31/h3-17,31H,1-2H3. The normalized spacial score (nSPS) is 11.2. The van der Waals surface area contributed by atoms with Crippen molar-refractivity contribution in [1.29, 1.82) is 0 Å². The fourth-order valence-corrected chi connectivity index (χ4v) is 4.61. The van der Waals surface area contributed by atoms with Crippen LogP contribution in [0.3, 0.4) is 0 Å². The summed E-state index contributed by atoms with van der Waals surface area (Å²) < 4.78 is 0. The molecule has 0 fully saturated rings. The molecule has 0 radical (unpaired) electrons. The first kappa shape index (κ1) is 19.1. The van der Waals surface area contributed by atoms with Gasteiger partial charge in [-0.15, -0.1) is 0 Å². The van der Waals surface area contributed by atoms with Gasteiger partial charge in [0.2, 0.25) is 0 Å². The van der Waals surface area contributed by atoms with Gasteiger partial charge in [-0.3, -0.25) is 4.79 Å². The highest BCUT2D eigenvalue weighted by molar-refractivity contribution is 6.14. The number of phenols is 1. The van der Waals surface area contributed by atoms with Crippen LogP contribution in [-0.4, -0.2) is 11.4 Å². The molecule has 150 valence electrons. The molecule has 5 aromatic carbocycles. The molecule has 0 saturated carbocycles. The smallest absolute Gasteiger partial charge is 0.153 e. The summed E-state index contributed by atoms with van der Waals surface area (Å²) in [7, 11) is 0. The molecule has 31 heavy (non-hydrogen) atoms. The molecule has 1 N–H and O–H groups in total. The van der Waals surface area contributed by atoms with Crippen LogP contribution in [0.2, 0.25) is 0 Å². The minimum absolute atomic E-state index is 0.0238. The van der Waals surface area contributed by atoms with Gasteiger partial charge in [-0.25, -0.2) is 0 Å². The number of carbonyl (C=O) groups excluding carboxylic acids is 1. The third kappa shape index (κ3) is 3.17. The molecule has 5 rings (SSSR count). The van der Waals surface area contributed by atoms with E-state index in [0.29, 0.717) is 11.1 Å². The van der Waals surface area contributed by atoms with Crippen LogP contribution in [0.5, 0.6) is 5.75 Å². The number of aryl methyl sites for hydroxylation is 2. The van der Waals surface area contributed by atoms with Gasteiger partial charge in [0.15, 0.2) is 6.29 Å². The molecule has 0 amide bonds. The van der Waals surface area contributed by atoms with Crippen molar-refractivity contribution in [1.82, 2.24) is 0 Å². The van der Waals surface area contributed by atoms with E-state index in [-0.39, 0.29) is 5.75 Å². The SMILES string of the molecule is Cc1cc(C)cc(-c2ccc3ccccc3c2-c2c(O)c(C=O)cc3ccccc23)c1. The van der Waals surface area contributed by atoms with Gasteiger partial charge in [-0.2, -0.15) is 0 Å². The largest absolute Gasteiger partial charge is 0.507 e. The number of aromatic hydroxyl groups is 1. The van der Waals surface area contributed by atoms with Crippen LogP contribution in [0.4, 0.5) is 0 Å². The second kappa shape index (κ2) is 7.41. The van der Waals surface area contributed by atoms with Crippen molar-refractivity contribution in [3.8, 4) is 28.0 Å². The Morgan fingerprint density at radius 1 is 0.677 bits per heavy atom. The van der Waals surface area contributed by atoms with Crippen LogP contribution in [0.15, 0.2) is 84.9 Å². The van der Waals surface area contributed by atoms with Gasteiger partial charge >= 0.3 is 0 Å². The monoisotopic (exact) mass is 402 g/mol. The van der Waals surface area contributed by atoms with Crippen molar-refractivity contribution in [2.45, 2.75) is 13.8 Å². The molecular weight excluding hydrogens is 380 g/mol. The molecule has 0 saturated heterocycles. The Hall–Kier alpha value is -3.91. The third-order valence-electron chi connectivity index (χ3n) is 5.89. The summed E-state index contributed by atoms with van der Waals surface area (Å²) in [5, 5.41) is 15.2. The van der Waals surface area contributed by atoms with Gasteiger partial charge in [0.1, 0.15) is 5.75 Å². The van der Waals surface area contributed by atoms with Crippen LogP contribution < -0.4 is 0 Å². The predicted octanol–water partition coefficient (Wildman–Crippen LogP) is 7.46. The molecule has 0 unspecified atom stereocenters. The average molecular weight is 402 g/mol. The first-order valence-electron chi connectivity index (χ1n) is 10.4. The van der Waals surface area contributed by atoms with Gasteiger partial charge < -0.3 is 5.11 Å². The molecule has 5 aromatic rings. The topological polar surface area (TPSA) is 37.3 Å². The number of fused-ring (bicyclic) bond motifs is 2. The lowest BCUT2D eigenvalue weighted by molar-refractivity contribution is 0.112. The first-order chi connectivity index (χ1) is 15.1. The Bertz CT molecular complexity index is 1460. The van der Waals surface area contributed by atoms with Crippen LogP contribution >= 0.6 is 0 Å². The summed E-state index contributed by atoms with van der Waals surface area (Å²) in [4.78, 5) is 11.8. The molecule has 0 bridgehead atoms. The summed E-state index contributed by atoms with van der Waals surface area (Å²) in [5.74, 6) is 0.0238.